The number of ether oxygens (including phenoxy) is 1. The van der Waals surface area contributed by atoms with Gasteiger partial charge in [-0.15, -0.1) is 0 Å². The molecule has 0 amide bonds. The molecule has 0 aromatic rings. The van der Waals surface area contributed by atoms with E-state index in [1.54, 1.807) is 0 Å². The molecule has 0 aromatic heterocycles. The van der Waals surface area contributed by atoms with E-state index < -0.39 is 87.8 Å². The summed E-state index contributed by atoms with van der Waals surface area (Å²) in [5.74, 6) is -6.62. The molecule has 0 aliphatic rings. The molecule has 242 valence electrons. The molecule has 0 rings (SSSR count). The topological polar surface area (TPSA) is 9.23 Å². The molecule has 0 fully saturated rings. The minimum Gasteiger partial charge on any atom is -0.378 e. The SMILES string of the molecule is C[SiH](C)C[Si](C)(CC[Si](C)(C[SiH](C)C)C[Si](C)(C)CCCOCC(F)(C(F)(F)F)C(F)(F)C(F)(F)F)C[SiH](C)C. The van der Waals surface area contributed by atoms with Gasteiger partial charge in [-0.1, -0.05) is 106 Å². The Labute approximate surface area is 244 Å². The lowest BCUT2D eigenvalue weighted by Gasteiger charge is -2.40. The van der Waals surface area contributed by atoms with Crippen LogP contribution in [-0.4, -0.2) is 87.8 Å². The summed E-state index contributed by atoms with van der Waals surface area (Å²) < 4.78 is 122. The number of halogens is 9. The first-order valence-corrected chi connectivity index (χ1v) is 33.4. The Bertz CT molecular complexity index is 752. The maximum atomic E-state index is 14.2. The van der Waals surface area contributed by atoms with Crippen LogP contribution in [0.2, 0.25) is 106 Å². The molecule has 0 N–H and O–H groups in total. The van der Waals surface area contributed by atoms with Gasteiger partial charge >= 0.3 is 18.3 Å². The monoisotopic (exact) mass is 696 g/mol. The summed E-state index contributed by atoms with van der Waals surface area (Å²) >= 11 is 0. The Morgan fingerprint density at radius 2 is 0.975 bits per heavy atom. The summed E-state index contributed by atoms with van der Waals surface area (Å²) in [4.78, 5) is 0. The van der Waals surface area contributed by atoms with Crippen molar-refractivity contribution in [1.82, 2.24) is 0 Å². The second kappa shape index (κ2) is 15.1. The maximum Gasteiger partial charge on any atom is 0.457 e. The fourth-order valence-electron chi connectivity index (χ4n) is 6.79. The van der Waals surface area contributed by atoms with Crippen LogP contribution in [0.15, 0.2) is 0 Å². The lowest BCUT2D eigenvalue weighted by Crippen LogP contribution is -2.64. The summed E-state index contributed by atoms with van der Waals surface area (Å²) in [5, 5.41) is 0. The fourth-order valence-corrected chi connectivity index (χ4v) is 53.5. The first-order chi connectivity index (χ1) is 17.6. The van der Waals surface area contributed by atoms with Gasteiger partial charge in [-0.25, -0.2) is 4.39 Å². The lowest BCUT2D eigenvalue weighted by atomic mass is 9.97. The zero-order valence-electron chi connectivity index (χ0n) is 26.1. The zero-order valence-corrected chi connectivity index (χ0v) is 32.6. The van der Waals surface area contributed by atoms with E-state index in [4.69, 9.17) is 0 Å². The van der Waals surface area contributed by atoms with E-state index in [0.717, 1.165) is 5.67 Å². The second-order valence-corrected chi connectivity index (χ2v) is 42.5. The third kappa shape index (κ3) is 12.7. The fraction of sp³-hybridized carbons (Fsp3) is 1.00. The predicted molar refractivity (Wildman–Crippen MR) is 167 cm³/mol. The Morgan fingerprint density at radius 1 is 0.575 bits per heavy atom. The van der Waals surface area contributed by atoms with Gasteiger partial charge in [-0.05, 0) is 6.42 Å². The van der Waals surface area contributed by atoms with Crippen LogP contribution >= 0.6 is 0 Å². The third-order valence-electron chi connectivity index (χ3n) is 7.69. The number of hydrogen-bond donors (Lipinski definition) is 0. The molecule has 0 heterocycles. The summed E-state index contributed by atoms with van der Waals surface area (Å²) in [6.07, 6.45) is -12.9. The van der Waals surface area contributed by atoms with Crippen molar-refractivity contribution in [3.8, 4) is 0 Å². The second-order valence-electron chi connectivity index (χ2n) is 14.8. The molecule has 2 atom stereocenters. The first kappa shape index (κ1) is 40.6. The van der Waals surface area contributed by atoms with Crippen LogP contribution in [0.4, 0.5) is 39.5 Å². The number of hydrogen-bond acceptors (Lipinski definition) is 1. The Hall–Kier alpha value is 0.631. The van der Waals surface area contributed by atoms with Gasteiger partial charge in [0.05, 0.1) is 6.61 Å². The molecule has 0 spiro atoms. The highest BCUT2D eigenvalue weighted by Gasteiger charge is 2.81. The molecule has 0 saturated heterocycles. The van der Waals surface area contributed by atoms with Gasteiger partial charge in [-0.3, -0.25) is 0 Å². The molecule has 40 heavy (non-hydrogen) atoms. The highest BCUT2D eigenvalue weighted by molar-refractivity contribution is 7.01. The Balaban J connectivity index is 5.40. The average molecular weight is 697 g/mol. The molecule has 16 heteroatoms. The van der Waals surface area contributed by atoms with E-state index in [2.05, 4.69) is 70.2 Å². The van der Waals surface area contributed by atoms with Crippen LogP contribution in [0.3, 0.4) is 0 Å². The maximum absolute atomic E-state index is 14.2. The lowest BCUT2D eigenvalue weighted by molar-refractivity contribution is -0.390. The largest absolute Gasteiger partial charge is 0.457 e. The van der Waals surface area contributed by atoms with Crippen LogP contribution in [0.5, 0.6) is 0 Å². The summed E-state index contributed by atoms with van der Waals surface area (Å²) in [6.45, 7) is 21.1. The van der Waals surface area contributed by atoms with Crippen molar-refractivity contribution < 1.29 is 44.3 Å². The molecule has 0 saturated carbocycles. The van der Waals surface area contributed by atoms with Gasteiger partial charge in [0.2, 0.25) is 0 Å². The van der Waals surface area contributed by atoms with Crippen molar-refractivity contribution in [2.24, 2.45) is 0 Å². The molecule has 0 aliphatic carbocycles. The number of rotatable bonds is 18. The van der Waals surface area contributed by atoms with Crippen molar-refractivity contribution in [2.75, 3.05) is 13.2 Å². The third-order valence-corrected chi connectivity index (χ3v) is 41.7. The van der Waals surface area contributed by atoms with Gasteiger partial charge in [-0.2, -0.15) is 35.1 Å². The summed E-state index contributed by atoms with van der Waals surface area (Å²) in [5.41, 5.74) is -0.421. The molecule has 0 radical (unpaired) electrons. The van der Waals surface area contributed by atoms with Crippen molar-refractivity contribution in [2.45, 2.75) is 137 Å². The quantitative estimate of drug-likeness (QED) is 0.0789. The normalized spacial score (nSPS) is 17.6. The first-order valence-electron chi connectivity index (χ1n) is 14.4. The van der Waals surface area contributed by atoms with Gasteiger partial charge in [0.15, 0.2) is 0 Å². The Morgan fingerprint density at radius 3 is 1.35 bits per heavy atom. The van der Waals surface area contributed by atoms with E-state index in [0.29, 0.717) is 6.04 Å². The molecule has 0 aliphatic heterocycles. The summed E-state index contributed by atoms with van der Waals surface area (Å²) in [7, 11) is -7.01. The van der Waals surface area contributed by atoms with Crippen molar-refractivity contribution in [3.05, 3.63) is 0 Å². The van der Waals surface area contributed by atoms with Crippen LogP contribution < -0.4 is 0 Å². The van der Waals surface area contributed by atoms with Gasteiger partial charge in [0.25, 0.3) is 5.67 Å². The minimum absolute atomic E-state index is 0.207. The highest BCUT2D eigenvalue weighted by Crippen LogP contribution is 2.52. The minimum atomic E-state index is -6.70. The van der Waals surface area contributed by atoms with Crippen LogP contribution in [0, 0.1) is 0 Å². The van der Waals surface area contributed by atoms with Gasteiger partial charge in [0.1, 0.15) is 0 Å². The van der Waals surface area contributed by atoms with Crippen molar-refractivity contribution >= 4 is 50.6 Å². The molecular formula is C24H53F9OSi6. The smallest absolute Gasteiger partial charge is 0.378 e. The average Bonchev–Trinajstić information content (AvgIpc) is 2.67. The van der Waals surface area contributed by atoms with E-state index in [1.807, 2.05) is 0 Å². The van der Waals surface area contributed by atoms with Crippen molar-refractivity contribution in [3.63, 3.8) is 0 Å². The molecular weight excluding hydrogens is 644 g/mol. The van der Waals surface area contributed by atoms with Gasteiger partial charge in [0, 0.05) is 57.2 Å². The summed E-state index contributed by atoms with van der Waals surface area (Å²) in [6, 6.07) is 3.31. The zero-order chi connectivity index (χ0) is 32.0. The molecule has 0 bridgehead atoms. The Kier molecular flexibility index (Phi) is 15.3. The van der Waals surface area contributed by atoms with E-state index >= 15 is 0 Å². The van der Waals surface area contributed by atoms with Crippen LogP contribution in [0.25, 0.3) is 0 Å². The van der Waals surface area contributed by atoms with E-state index in [1.165, 1.54) is 29.1 Å². The van der Waals surface area contributed by atoms with Crippen LogP contribution in [-0.2, 0) is 4.74 Å². The molecule has 0 aromatic carbocycles. The predicted octanol–water partition coefficient (Wildman–Crippen LogP) is 9.34. The molecule has 2 unspecified atom stereocenters. The standard InChI is InChI=1S/C24H53F9OSi6/c1-35(2)17-39(9,18-36(3)4)14-15-40(10,19-37(5)6)20-38(7,8)13-11-12-34-16-21(25,23(28,29)30)22(26,27)24(31,32)33/h35-37H,11-20H2,1-10H3. The van der Waals surface area contributed by atoms with Crippen molar-refractivity contribution in [1.29, 1.82) is 0 Å². The van der Waals surface area contributed by atoms with E-state index in [-0.39, 0.29) is 6.42 Å². The molecule has 1 nitrogen and oxygen atoms in total. The van der Waals surface area contributed by atoms with E-state index in [9.17, 15) is 39.5 Å². The van der Waals surface area contributed by atoms with Gasteiger partial charge < -0.3 is 4.74 Å². The number of alkyl halides is 9. The van der Waals surface area contributed by atoms with Crippen LogP contribution in [0.1, 0.15) is 6.42 Å². The highest BCUT2D eigenvalue weighted by atomic mass is 28.4.